The van der Waals surface area contributed by atoms with E-state index in [0.29, 0.717) is 31.6 Å². The molecular weight excluding hydrogens is 391 g/mol. The SMILES string of the molecule is Cl.Cl.Nc1ccc(CC(=O)NC2CC(=O)N(CCN3CCOCC3)C2)cc1. The van der Waals surface area contributed by atoms with E-state index < -0.39 is 0 Å². The Kier molecular flexibility index (Phi) is 9.87. The fourth-order valence-electron chi connectivity index (χ4n) is 3.27. The third-order valence-corrected chi connectivity index (χ3v) is 4.71. The van der Waals surface area contributed by atoms with Crippen LogP contribution < -0.4 is 11.1 Å². The number of nitrogen functional groups attached to an aromatic ring is 1. The van der Waals surface area contributed by atoms with E-state index in [4.69, 9.17) is 10.5 Å². The first-order valence-corrected chi connectivity index (χ1v) is 8.82. The highest BCUT2D eigenvalue weighted by atomic mass is 35.5. The van der Waals surface area contributed by atoms with Gasteiger partial charge in [-0.25, -0.2) is 0 Å². The van der Waals surface area contributed by atoms with E-state index in [1.807, 2.05) is 17.0 Å². The quantitative estimate of drug-likeness (QED) is 0.663. The number of nitrogens with zero attached hydrogens (tertiary/aromatic N) is 2. The third kappa shape index (κ3) is 7.18. The molecule has 1 aromatic rings. The van der Waals surface area contributed by atoms with E-state index in [1.54, 1.807) is 12.1 Å². The monoisotopic (exact) mass is 418 g/mol. The largest absolute Gasteiger partial charge is 0.399 e. The molecule has 0 radical (unpaired) electrons. The molecule has 0 spiro atoms. The van der Waals surface area contributed by atoms with Crippen LogP contribution in [-0.4, -0.2) is 73.6 Å². The number of nitrogens with two attached hydrogens (primary N) is 1. The Morgan fingerprint density at radius 2 is 1.81 bits per heavy atom. The summed E-state index contributed by atoms with van der Waals surface area (Å²) in [6.07, 6.45) is 0.690. The molecule has 7 nitrogen and oxygen atoms in total. The second-order valence-electron chi connectivity index (χ2n) is 6.68. The molecule has 3 N–H and O–H groups in total. The van der Waals surface area contributed by atoms with Crippen molar-refractivity contribution in [1.29, 1.82) is 0 Å². The first-order valence-electron chi connectivity index (χ1n) is 8.82. The summed E-state index contributed by atoms with van der Waals surface area (Å²) in [5.74, 6) is 0.0589. The van der Waals surface area contributed by atoms with E-state index in [9.17, 15) is 9.59 Å². The molecule has 1 aromatic carbocycles. The van der Waals surface area contributed by atoms with Gasteiger partial charge in [-0.05, 0) is 17.7 Å². The summed E-state index contributed by atoms with van der Waals surface area (Å²) in [4.78, 5) is 28.5. The van der Waals surface area contributed by atoms with Crippen molar-refractivity contribution in [3.63, 3.8) is 0 Å². The standard InChI is InChI=1S/C18H26N4O3.2ClH/c19-15-3-1-14(2-4-15)11-17(23)20-16-12-18(24)22(13-16)6-5-21-7-9-25-10-8-21;;/h1-4,16H,5-13,19H2,(H,20,23);2*1H. The van der Waals surface area contributed by atoms with Crippen molar-refractivity contribution in [2.24, 2.45) is 0 Å². The topological polar surface area (TPSA) is 87.9 Å². The average Bonchev–Trinajstić information content (AvgIpc) is 2.95. The van der Waals surface area contributed by atoms with E-state index in [1.165, 1.54) is 0 Å². The first kappa shape index (κ1) is 23.5. The van der Waals surface area contributed by atoms with Gasteiger partial charge in [0.2, 0.25) is 11.8 Å². The van der Waals surface area contributed by atoms with E-state index in [-0.39, 0.29) is 42.7 Å². The Bertz CT molecular complexity index is 609. The number of amides is 2. The lowest BCUT2D eigenvalue weighted by Crippen LogP contribution is -2.43. The molecule has 2 heterocycles. The number of halogens is 2. The summed E-state index contributed by atoms with van der Waals surface area (Å²) in [5, 5.41) is 2.97. The van der Waals surface area contributed by atoms with Crippen LogP contribution in [0.15, 0.2) is 24.3 Å². The number of nitrogens with one attached hydrogen (secondary N) is 1. The van der Waals surface area contributed by atoms with Crippen LogP contribution in [-0.2, 0) is 20.7 Å². The van der Waals surface area contributed by atoms with Gasteiger partial charge in [0, 0.05) is 44.8 Å². The summed E-state index contributed by atoms with van der Waals surface area (Å²) < 4.78 is 5.33. The molecule has 1 unspecified atom stereocenters. The Morgan fingerprint density at radius 3 is 2.48 bits per heavy atom. The number of ether oxygens (including phenoxy) is 1. The zero-order valence-corrected chi connectivity index (χ0v) is 16.9. The fraction of sp³-hybridized carbons (Fsp3) is 0.556. The predicted molar refractivity (Wildman–Crippen MR) is 109 cm³/mol. The summed E-state index contributed by atoms with van der Waals surface area (Å²) in [5.41, 5.74) is 7.25. The Balaban J connectivity index is 0.00000182. The van der Waals surface area contributed by atoms with E-state index in [2.05, 4.69) is 10.2 Å². The van der Waals surface area contributed by atoms with Crippen LogP contribution in [0.2, 0.25) is 0 Å². The maximum absolute atomic E-state index is 12.2. The number of benzene rings is 1. The zero-order valence-electron chi connectivity index (χ0n) is 15.3. The van der Waals surface area contributed by atoms with Crippen LogP contribution in [0.5, 0.6) is 0 Å². The van der Waals surface area contributed by atoms with Crippen LogP contribution in [0.4, 0.5) is 5.69 Å². The Labute approximate surface area is 172 Å². The van der Waals surface area contributed by atoms with Crippen molar-refractivity contribution in [2.75, 3.05) is 51.7 Å². The highest BCUT2D eigenvalue weighted by Gasteiger charge is 2.30. The summed E-state index contributed by atoms with van der Waals surface area (Å²) in [6.45, 7) is 5.53. The van der Waals surface area contributed by atoms with Gasteiger partial charge in [0.1, 0.15) is 0 Å². The molecule has 0 bridgehead atoms. The van der Waals surface area contributed by atoms with Crippen molar-refractivity contribution in [2.45, 2.75) is 18.9 Å². The van der Waals surface area contributed by atoms with Gasteiger partial charge >= 0.3 is 0 Å². The van der Waals surface area contributed by atoms with Gasteiger partial charge in [-0.15, -0.1) is 24.8 Å². The highest BCUT2D eigenvalue weighted by Crippen LogP contribution is 2.12. The second kappa shape index (κ2) is 11.3. The predicted octanol–water partition coefficient (Wildman–Crippen LogP) is 0.704. The van der Waals surface area contributed by atoms with Crippen LogP contribution in [0, 0.1) is 0 Å². The van der Waals surface area contributed by atoms with Crippen LogP contribution in [0.1, 0.15) is 12.0 Å². The normalized spacial score (nSPS) is 19.9. The molecule has 3 rings (SSSR count). The van der Waals surface area contributed by atoms with Crippen molar-refractivity contribution in [3.05, 3.63) is 29.8 Å². The van der Waals surface area contributed by atoms with Crippen molar-refractivity contribution >= 4 is 42.3 Å². The van der Waals surface area contributed by atoms with Gasteiger partial charge in [0.25, 0.3) is 0 Å². The first-order chi connectivity index (χ1) is 12.1. The maximum atomic E-state index is 12.2. The molecule has 9 heteroatoms. The lowest BCUT2D eigenvalue weighted by molar-refractivity contribution is -0.128. The van der Waals surface area contributed by atoms with Gasteiger partial charge in [0.05, 0.1) is 25.7 Å². The molecule has 0 aliphatic carbocycles. The number of carbonyl (C=O) groups is 2. The number of likely N-dealkylation sites (tertiary alicyclic amines) is 1. The van der Waals surface area contributed by atoms with Crippen molar-refractivity contribution < 1.29 is 14.3 Å². The van der Waals surface area contributed by atoms with Gasteiger partial charge in [-0.3, -0.25) is 14.5 Å². The molecule has 2 fully saturated rings. The lowest BCUT2D eigenvalue weighted by atomic mass is 10.1. The second-order valence-corrected chi connectivity index (χ2v) is 6.68. The minimum absolute atomic E-state index is 0. The van der Waals surface area contributed by atoms with Crippen molar-refractivity contribution in [1.82, 2.24) is 15.1 Å². The average molecular weight is 419 g/mol. The Hall–Kier alpha value is -1.54. The van der Waals surface area contributed by atoms with Crippen LogP contribution in [0.25, 0.3) is 0 Å². The summed E-state index contributed by atoms with van der Waals surface area (Å²) in [7, 11) is 0. The molecule has 27 heavy (non-hydrogen) atoms. The zero-order chi connectivity index (χ0) is 17.6. The van der Waals surface area contributed by atoms with E-state index in [0.717, 1.165) is 38.4 Å². The molecule has 2 amide bonds. The van der Waals surface area contributed by atoms with Gasteiger partial charge in [-0.1, -0.05) is 12.1 Å². The number of carbonyl (C=O) groups excluding carboxylic acids is 2. The molecule has 0 aromatic heterocycles. The van der Waals surface area contributed by atoms with Crippen molar-refractivity contribution in [3.8, 4) is 0 Å². The number of morpholine rings is 1. The van der Waals surface area contributed by atoms with Gasteiger partial charge in [0.15, 0.2) is 0 Å². The molecule has 2 saturated heterocycles. The molecule has 1 atom stereocenters. The van der Waals surface area contributed by atoms with Gasteiger partial charge in [-0.2, -0.15) is 0 Å². The number of hydrogen-bond donors (Lipinski definition) is 2. The Morgan fingerprint density at radius 1 is 1.15 bits per heavy atom. The number of anilines is 1. The van der Waals surface area contributed by atoms with Crippen LogP contribution >= 0.6 is 24.8 Å². The fourth-order valence-corrected chi connectivity index (χ4v) is 3.27. The molecule has 0 saturated carbocycles. The molecular formula is C18H28Cl2N4O3. The summed E-state index contributed by atoms with van der Waals surface area (Å²) in [6, 6.07) is 7.18. The highest BCUT2D eigenvalue weighted by molar-refractivity contribution is 5.85. The minimum atomic E-state index is -0.0986. The molecule has 152 valence electrons. The van der Waals surface area contributed by atoms with Crippen LogP contribution in [0.3, 0.4) is 0 Å². The van der Waals surface area contributed by atoms with E-state index >= 15 is 0 Å². The van der Waals surface area contributed by atoms with Gasteiger partial charge < -0.3 is 20.7 Å². The number of rotatable bonds is 6. The third-order valence-electron chi connectivity index (χ3n) is 4.71. The molecule has 2 aliphatic rings. The lowest BCUT2D eigenvalue weighted by Gasteiger charge is -2.28. The smallest absolute Gasteiger partial charge is 0.224 e. The number of hydrogen-bond acceptors (Lipinski definition) is 5. The molecule has 2 aliphatic heterocycles. The summed E-state index contributed by atoms with van der Waals surface area (Å²) >= 11 is 0. The maximum Gasteiger partial charge on any atom is 0.224 e. The minimum Gasteiger partial charge on any atom is -0.399 e.